The quantitative estimate of drug-likeness (QED) is 0.793. The molecule has 1 heterocycles. The summed E-state index contributed by atoms with van der Waals surface area (Å²) in [6.07, 6.45) is 0. The Balaban J connectivity index is 2.69. The molecule has 0 spiro atoms. The largest absolute Gasteiger partial charge is 0.369 e. The Morgan fingerprint density at radius 1 is 1.40 bits per heavy atom. The molecule has 0 saturated heterocycles. The summed E-state index contributed by atoms with van der Waals surface area (Å²) >= 11 is 0. The van der Waals surface area contributed by atoms with E-state index in [9.17, 15) is 17.4 Å². The lowest BCUT2D eigenvalue weighted by molar-refractivity contribution is 0.439. The van der Waals surface area contributed by atoms with Crippen molar-refractivity contribution in [2.45, 2.75) is 12.5 Å². The Kier molecular flexibility index (Phi) is 3.24. The van der Waals surface area contributed by atoms with Gasteiger partial charge in [-0.2, -0.15) is 0 Å². The first-order chi connectivity index (χ1) is 9.07. The first kappa shape index (κ1) is 14.7. The van der Waals surface area contributed by atoms with Gasteiger partial charge < -0.3 is 5.73 Å². The number of benzene rings is 1. The smallest absolute Gasteiger partial charge is 0.203 e. The van der Waals surface area contributed by atoms with Crippen LogP contribution in [0, 0.1) is 17.5 Å². The second kappa shape index (κ2) is 4.41. The van der Waals surface area contributed by atoms with Crippen LogP contribution in [-0.2, 0) is 15.2 Å². The van der Waals surface area contributed by atoms with Gasteiger partial charge in [-0.15, -0.1) is 0 Å². The Morgan fingerprint density at radius 3 is 2.35 bits per heavy atom. The van der Waals surface area contributed by atoms with Gasteiger partial charge in [-0.3, -0.25) is 4.31 Å². The maximum atomic E-state index is 13.9. The van der Waals surface area contributed by atoms with Gasteiger partial charge in [0.15, 0.2) is 0 Å². The molecule has 8 heteroatoms. The number of rotatable bonds is 1. The third kappa shape index (κ3) is 2.24. The number of halogens is 3. The van der Waals surface area contributed by atoms with Crippen LogP contribution in [-0.4, -0.2) is 33.1 Å². The number of nitrogens with zero attached hydrogens (tertiary/aromatic N) is 2. The summed E-state index contributed by atoms with van der Waals surface area (Å²) in [5, 5.41) is 0. The maximum Gasteiger partial charge on any atom is 0.203 e. The van der Waals surface area contributed by atoms with Gasteiger partial charge in [0.05, 0.1) is 21.0 Å². The zero-order chi connectivity index (χ0) is 15.3. The maximum absolute atomic E-state index is 13.9. The summed E-state index contributed by atoms with van der Waals surface area (Å²) in [5.41, 5.74) is 3.67. The predicted octanol–water partition coefficient (Wildman–Crippen LogP) is 1.21. The summed E-state index contributed by atoms with van der Waals surface area (Å²) in [6.45, 7) is 1.39. The molecule has 0 aromatic heterocycles. The molecule has 4 nitrogen and oxygen atoms in total. The van der Waals surface area contributed by atoms with Crippen molar-refractivity contribution in [3.8, 4) is 0 Å². The second-order valence-corrected chi connectivity index (χ2v) is 7.28. The van der Waals surface area contributed by atoms with Crippen molar-refractivity contribution < 1.29 is 17.4 Å². The van der Waals surface area contributed by atoms with Gasteiger partial charge in [-0.1, -0.05) is 0 Å². The van der Waals surface area contributed by atoms with E-state index in [0.29, 0.717) is 12.1 Å². The van der Waals surface area contributed by atoms with Gasteiger partial charge in [0.2, 0.25) is 5.96 Å². The van der Waals surface area contributed by atoms with Gasteiger partial charge in [-0.25, -0.2) is 22.4 Å². The van der Waals surface area contributed by atoms with Crippen LogP contribution in [0.15, 0.2) is 17.1 Å². The zero-order valence-electron chi connectivity index (χ0n) is 11.0. The van der Waals surface area contributed by atoms with E-state index >= 15 is 0 Å². The average molecular weight is 305 g/mol. The van der Waals surface area contributed by atoms with Crippen LogP contribution in [0.5, 0.6) is 0 Å². The van der Waals surface area contributed by atoms with Crippen molar-refractivity contribution in [3.05, 3.63) is 35.1 Å². The van der Waals surface area contributed by atoms with E-state index in [0.717, 1.165) is 0 Å². The van der Waals surface area contributed by atoms with Crippen molar-refractivity contribution >= 4 is 21.5 Å². The van der Waals surface area contributed by atoms with Gasteiger partial charge in [0, 0.05) is 19.2 Å². The molecule has 2 rings (SSSR count). The van der Waals surface area contributed by atoms with Crippen molar-refractivity contribution in [2.75, 3.05) is 12.8 Å². The van der Waals surface area contributed by atoms with Crippen molar-refractivity contribution in [3.63, 3.8) is 0 Å². The number of nitrogens with two attached hydrogens (primary N) is 1. The van der Waals surface area contributed by atoms with E-state index in [4.69, 9.17) is 5.73 Å². The van der Waals surface area contributed by atoms with E-state index in [1.807, 2.05) is 0 Å². The fraction of sp³-hybridized carbons (Fsp3) is 0.333. The molecule has 1 unspecified atom stereocenters. The highest BCUT2D eigenvalue weighted by Gasteiger charge is 2.40. The molecule has 1 aliphatic heterocycles. The Morgan fingerprint density at radius 2 is 1.90 bits per heavy atom. The normalized spacial score (nSPS) is 30.2. The molecule has 1 aromatic rings. The summed E-state index contributed by atoms with van der Waals surface area (Å²) in [6, 6.07) is 1.11. The lowest BCUT2D eigenvalue weighted by Crippen LogP contribution is -2.50. The molecule has 20 heavy (non-hydrogen) atoms. The van der Waals surface area contributed by atoms with E-state index < -0.39 is 38.3 Å². The van der Waals surface area contributed by atoms with E-state index in [1.54, 1.807) is 0 Å². The molecule has 0 fully saturated rings. The Labute approximate surface area is 115 Å². The molecule has 0 saturated carbocycles. The molecule has 0 aliphatic carbocycles. The SMILES string of the molecule is C=S1(=O)C[C@@](C)(c2c(F)cc(F)cc2F)N=C(N)N1C. The summed E-state index contributed by atoms with van der Waals surface area (Å²) < 4.78 is 54.3. The molecule has 2 atom stereocenters. The van der Waals surface area contributed by atoms with E-state index in [-0.39, 0.29) is 11.7 Å². The minimum Gasteiger partial charge on any atom is -0.369 e. The molecule has 1 aromatic carbocycles. The Bertz CT molecular complexity index is 679. The second-order valence-electron chi connectivity index (χ2n) is 4.90. The minimum absolute atomic E-state index is 0.137. The van der Waals surface area contributed by atoms with Gasteiger partial charge in [0.25, 0.3) is 0 Å². The summed E-state index contributed by atoms with van der Waals surface area (Å²) in [7, 11) is -1.42. The summed E-state index contributed by atoms with van der Waals surface area (Å²) in [4.78, 5) is 4.01. The van der Waals surface area contributed by atoms with Crippen molar-refractivity contribution in [1.82, 2.24) is 4.31 Å². The topological polar surface area (TPSA) is 58.7 Å². The van der Waals surface area contributed by atoms with Crippen molar-refractivity contribution in [2.24, 2.45) is 10.7 Å². The molecular weight excluding hydrogens is 291 g/mol. The number of hydrogen-bond donors (Lipinski definition) is 1. The highest BCUT2D eigenvalue weighted by Crippen LogP contribution is 2.35. The number of hydrogen-bond acceptors (Lipinski definition) is 3. The van der Waals surface area contributed by atoms with Gasteiger partial charge >= 0.3 is 0 Å². The minimum atomic E-state index is -2.86. The van der Waals surface area contributed by atoms with E-state index in [2.05, 4.69) is 10.9 Å². The molecule has 0 bridgehead atoms. The number of guanidine groups is 1. The first-order valence-corrected chi connectivity index (χ1v) is 7.51. The van der Waals surface area contributed by atoms with Crippen LogP contribution in [0.2, 0.25) is 0 Å². The predicted molar refractivity (Wildman–Crippen MR) is 73.2 cm³/mol. The third-order valence-corrected chi connectivity index (χ3v) is 5.43. The lowest BCUT2D eigenvalue weighted by Gasteiger charge is -2.37. The summed E-state index contributed by atoms with van der Waals surface area (Å²) in [5.74, 6) is -0.0567. The highest BCUT2D eigenvalue weighted by molar-refractivity contribution is 7.98. The molecule has 0 radical (unpaired) electrons. The standard InChI is InChI=1S/C12H14F3N3OS/c1-12(6-20(3,19)18(2)11(16)17-12)10-8(14)4-7(13)5-9(10)15/h4-5H,3,6H2,1-2H3,(H2,16,17)/t12-,20?/m0/s1. The van der Waals surface area contributed by atoms with Crippen LogP contribution in [0.1, 0.15) is 12.5 Å². The fourth-order valence-electron chi connectivity index (χ4n) is 2.25. The van der Waals surface area contributed by atoms with Crippen LogP contribution >= 0.6 is 0 Å². The van der Waals surface area contributed by atoms with Gasteiger partial charge in [0.1, 0.15) is 23.0 Å². The average Bonchev–Trinajstić information content (AvgIpc) is 2.23. The Hall–Kier alpha value is -1.70. The van der Waals surface area contributed by atoms with Crippen LogP contribution in [0.4, 0.5) is 13.2 Å². The first-order valence-electron chi connectivity index (χ1n) is 5.66. The molecule has 1 aliphatic rings. The third-order valence-electron chi connectivity index (χ3n) is 3.24. The monoisotopic (exact) mass is 305 g/mol. The molecular formula is C12H14F3N3OS. The van der Waals surface area contributed by atoms with E-state index in [1.165, 1.54) is 18.3 Å². The fourth-order valence-corrected chi connectivity index (χ4v) is 3.91. The van der Waals surface area contributed by atoms with Crippen LogP contribution in [0.25, 0.3) is 0 Å². The van der Waals surface area contributed by atoms with Crippen LogP contribution in [0.3, 0.4) is 0 Å². The van der Waals surface area contributed by atoms with Crippen LogP contribution < -0.4 is 5.73 Å². The van der Waals surface area contributed by atoms with Gasteiger partial charge in [-0.05, 0) is 12.8 Å². The molecule has 2 N–H and O–H groups in total. The zero-order valence-corrected chi connectivity index (χ0v) is 11.8. The highest BCUT2D eigenvalue weighted by atomic mass is 32.2. The molecule has 0 amide bonds. The molecule has 110 valence electrons. The lowest BCUT2D eigenvalue weighted by atomic mass is 9.93. The number of aliphatic imine (C=N–C) groups is 1. The van der Waals surface area contributed by atoms with Crippen molar-refractivity contribution in [1.29, 1.82) is 0 Å².